The Morgan fingerprint density at radius 1 is 1.33 bits per heavy atom. The fourth-order valence-corrected chi connectivity index (χ4v) is 1.96. The zero-order valence-electron chi connectivity index (χ0n) is 10.3. The molecule has 0 saturated heterocycles. The summed E-state index contributed by atoms with van der Waals surface area (Å²) in [6.45, 7) is 2.07. The second-order valence-electron chi connectivity index (χ2n) is 4.32. The Bertz CT molecular complexity index is 518. The van der Waals surface area contributed by atoms with Crippen molar-refractivity contribution in [2.24, 2.45) is 0 Å². The highest BCUT2D eigenvalue weighted by Crippen LogP contribution is 2.26. The molecule has 0 aliphatic carbocycles. The summed E-state index contributed by atoms with van der Waals surface area (Å²) in [4.78, 5) is 0. The van der Waals surface area contributed by atoms with Crippen molar-refractivity contribution in [3.8, 4) is 11.3 Å². The molecule has 4 heteroatoms. The highest BCUT2D eigenvalue weighted by Gasteiger charge is 2.09. The van der Waals surface area contributed by atoms with Crippen molar-refractivity contribution in [1.82, 2.24) is 5.32 Å². The summed E-state index contributed by atoms with van der Waals surface area (Å²) < 4.78 is 18.9. The van der Waals surface area contributed by atoms with Crippen molar-refractivity contribution in [2.45, 2.75) is 19.4 Å². The maximum atomic E-state index is 13.2. The van der Waals surface area contributed by atoms with Crippen LogP contribution in [-0.4, -0.2) is 13.1 Å². The monoisotopic (exact) mass is 267 g/mol. The molecule has 2 rings (SSSR count). The third kappa shape index (κ3) is 3.12. The van der Waals surface area contributed by atoms with Crippen LogP contribution >= 0.6 is 11.6 Å². The molecule has 18 heavy (non-hydrogen) atoms. The number of rotatable bonds is 4. The van der Waals surface area contributed by atoms with Gasteiger partial charge in [0.2, 0.25) is 0 Å². The van der Waals surface area contributed by atoms with E-state index in [0.29, 0.717) is 22.4 Å². The quantitative estimate of drug-likeness (QED) is 0.909. The molecule has 1 N–H and O–H groups in total. The van der Waals surface area contributed by atoms with Crippen molar-refractivity contribution in [1.29, 1.82) is 0 Å². The summed E-state index contributed by atoms with van der Waals surface area (Å²) in [5.41, 5.74) is 0.656. The van der Waals surface area contributed by atoms with E-state index in [9.17, 15) is 4.39 Å². The minimum Gasteiger partial charge on any atom is -0.461 e. The van der Waals surface area contributed by atoms with Gasteiger partial charge in [-0.1, -0.05) is 11.6 Å². The van der Waals surface area contributed by atoms with Crippen LogP contribution in [0.25, 0.3) is 11.3 Å². The lowest BCUT2D eigenvalue weighted by Crippen LogP contribution is -2.23. The van der Waals surface area contributed by atoms with Gasteiger partial charge in [0, 0.05) is 23.0 Å². The van der Waals surface area contributed by atoms with Crippen LogP contribution in [0.2, 0.25) is 5.02 Å². The van der Waals surface area contributed by atoms with Crippen LogP contribution in [0.3, 0.4) is 0 Å². The second-order valence-corrected chi connectivity index (χ2v) is 4.75. The molecule has 0 amide bonds. The standard InChI is InChI=1S/C14H15ClFNO/c1-9(17-2)5-13-3-4-14(18-13)10-6-11(15)8-12(16)7-10/h3-4,6-9,17H,5H2,1-2H3. The van der Waals surface area contributed by atoms with Crippen LogP contribution in [0.1, 0.15) is 12.7 Å². The first-order valence-electron chi connectivity index (χ1n) is 5.81. The van der Waals surface area contributed by atoms with Gasteiger partial charge in [-0.15, -0.1) is 0 Å². The average Bonchev–Trinajstić information content (AvgIpc) is 2.76. The molecule has 96 valence electrons. The molecule has 0 aliphatic rings. The van der Waals surface area contributed by atoms with E-state index < -0.39 is 0 Å². The van der Waals surface area contributed by atoms with E-state index in [0.717, 1.165) is 12.2 Å². The molecule has 0 spiro atoms. The van der Waals surface area contributed by atoms with Gasteiger partial charge in [0.25, 0.3) is 0 Å². The SMILES string of the molecule is CNC(C)Cc1ccc(-c2cc(F)cc(Cl)c2)o1. The molecule has 1 aromatic heterocycles. The number of likely N-dealkylation sites (N-methyl/N-ethyl adjacent to an activating group) is 1. The maximum absolute atomic E-state index is 13.2. The van der Waals surface area contributed by atoms with Crippen LogP contribution in [0.15, 0.2) is 34.7 Å². The molecular formula is C14H15ClFNO. The number of hydrogen-bond acceptors (Lipinski definition) is 2. The van der Waals surface area contributed by atoms with Gasteiger partial charge in [-0.05, 0) is 44.3 Å². The van der Waals surface area contributed by atoms with Gasteiger partial charge >= 0.3 is 0 Å². The Morgan fingerprint density at radius 2 is 2.11 bits per heavy atom. The van der Waals surface area contributed by atoms with Crippen molar-refractivity contribution in [3.63, 3.8) is 0 Å². The van der Waals surface area contributed by atoms with Gasteiger partial charge < -0.3 is 9.73 Å². The largest absolute Gasteiger partial charge is 0.461 e. The van der Waals surface area contributed by atoms with Gasteiger partial charge in [0.1, 0.15) is 17.3 Å². The molecule has 1 atom stereocenters. The smallest absolute Gasteiger partial charge is 0.134 e. The fourth-order valence-electron chi connectivity index (χ4n) is 1.74. The topological polar surface area (TPSA) is 25.2 Å². The predicted molar refractivity (Wildman–Crippen MR) is 71.3 cm³/mol. The number of hydrogen-bond donors (Lipinski definition) is 1. The van der Waals surface area contributed by atoms with E-state index in [4.69, 9.17) is 16.0 Å². The molecule has 2 nitrogen and oxygen atoms in total. The molecule has 0 bridgehead atoms. The van der Waals surface area contributed by atoms with Gasteiger partial charge in [-0.3, -0.25) is 0 Å². The fraction of sp³-hybridized carbons (Fsp3) is 0.286. The minimum atomic E-state index is -0.362. The summed E-state index contributed by atoms with van der Waals surface area (Å²) in [5.74, 6) is 1.14. The first kappa shape index (κ1) is 13.1. The van der Waals surface area contributed by atoms with E-state index >= 15 is 0 Å². The zero-order valence-corrected chi connectivity index (χ0v) is 11.1. The normalized spacial score (nSPS) is 12.7. The van der Waals surface area contributed by atoms with Crippen LogP contribution in [-0.2, 0) is 6.42 Å². The van der Waals surface area contributed by atoms with Gasteiger partial charge in [-0.25, -0.2) is 4.39 Å². The maximum Gasteiger partial charge on any atom is 0.134 e. The van der Waals surface area contributed by atoms with Crippen LogP contribution in [0.5, 0.6) is 0 Å². The number of furan rings is 1. The lowest BCUT2D eigenvalue weighted by Gasteiger charge is -2.06. The Morgan fingerprint density at radius 3 is 2.78 bits per heavy atom. The second kappa shape index (κ2) is 5.55. The highest BCUT2D eigenvalue weighted by atomic mass is 35.5. The number of benzene rings is 1. The Labute approximate surface area is 111 Å². The third-order valence-corrected chi connectivity index (χ3v) is 3.03. The summed E-state index contributed by atoms with van der Waals surface area (Å²) in [7, 11) is 1.90. The van der Waals surface area contributed by atoms with Crippen LogP contribution in [0.4, 0.5) is 4.39 Å². The molecule has 0 radical (unpaired) electrons. The average molecular weight is 268 g/mol. The summed E-state index contributed by atoms with van der Waals surface area (Å²) in [6, 6.07) is 8.45. The van der Waals surface area contributed by atoms with Crippen molar-refractivity contribution in [3.05, 3.63) is 46.9 Å². The lowest BCUT2D eigenvalue weighted by molar-refractivity contribution is 0.481. The van der Waals surface area contributed by atoms with Crippen LogP contribution in [0, 0.1) is 5.82 Å². The van der Waals surface area contributed by atoms with Crippen molar-refractivity contribution in [2.75, 3.05) is 7.05 Å². The van der Waals surface area contributed by atoms with E-state index in [-0.39, 0.29) is 5.82 Å². The van der Waals surface area contributed by atoms with Crippen LogP contribution < -0.4 is 5.32 Å². The summed E-state index contributed by atoms with van der Waals surface area (Å²) >= 11 is 5.82. The Hall–Kier alpha value is -1.32. The molecule has 0 aliphatic heterocycles. The summed E-state index contributed by atoms with van der Waals surface area (Å²) in [6.07, 6.45) is 0.791. The molecular weight excluding hydrogens is 253 g/mol. The van der Waals surface area contributed by atoms with E-state index in [1.54, 1.807) is 6.07 Å². The van der Waals surface area contributed by atoms with E-state index in [1.165, 1.54) is 12.1 Å². The Balaban J connectivity index is 2.23. The van der Waals surface area contributed by atoms with Gasteiger partial charge in [-0.2, -0.15) is 0 Å². The highest BCUT2D eigenvalue weighted by molar-refractivity contribution is 6.30. The summed E-state index contributed by atoms with van der Waals surface area (Å²) in [5, 5.41) is 3.51. The first-order valence-corrected chi connectivity index (χ1v) is 6.18. The third-order valence-electron chi connectivity index (χ3n) is 2.81. The van der Waals surface area contributed by atoms with Crippen molar-refractivity contribution >= 4 is 11.6 Å². The minimum absolute atomic E-state index is 0.333. The zero-order chi connectivity index (χ0) is 13.1. The van der Waals surface area contributed by atoms with Gasteiger partial charge in [0.15, 0.2) is 0 Å². The predicted octanol–water partition coefficient (Wildman–Crippen LogP) is 3.89. The van der Waals surface area contributed by atoms with E-state index in [1.807, 2.05) is 19.2 Å². The molecule has 1 unspecified atom stereocenters. The first-order chi connectivity index (χ1) is 8.58. The molecule has 0 fully saturated rings. The van der Waals surface area contributed by atoms with Crippen molar-refractivity contribution < 1.29 is 8.81 Å². The lowest BCUT2D eigenvalue weighted by atomic mass is 10.1. The molecule has 0 saturated carbocycles. The number of halogens is 2. The molecule has 1 heterocycles. The Kier molecular flexibility index (Phi) is 4.04. The number of nitrogens with one attached hydrogen (secondary N) is 1. The van der Waals surface area contributed by atoms with Gasteiger partial charge in [0.05, 0.1) is 0 Å². The van der Waals surface area contributed by atoms with E-state index in [2.05, 4.69) is 12.2 Å². The molecule has 2 aromatic rings. The molecule has 1 aromatic carbocycles.